The molecule has 0 nitrogen and oxygen atoms in total. The highest BCUT2D eigenvalue weighted by Crippen LogP contribution is 2.34. The van der Waals surface area contributed by atoms with Crippen molar-refractivity contribution in [3.05, 3.63) is 84.9 Å². The summed E-state index contributed by atoms with van der Waals surface area (Å²) in [5.74, 6) is 0. The average molecular weight is 253 g/mol. The second-order valence-electron chi connectivity index (χ2n) is 4.97. The van der Waals surface area contributed by atoms with Crippen LogP contribution in [0.4, 0.5) is 0 Å². The summed E-state index contributed by atoms with van der Waals surface area (Å²) in [6, 6.07) is 30.9. The maximum Gasteiger partial charge on any atom is -0.00926 e. The van der Waals surface area contributed by atoms with E-state index in [1.165, 1.54) is 32.7 Å². The summed E-state index contributed by atoms with van der Waals surface area (Å²) in [4.78, 5) is 0. The Kier molecular flexibility index (Phi) is 2.53. The molecule has 0 heteroatoms. The minimum Gasteiger partial charge on any atom is -0.0622 e. The van der Waals surface area contributed by atoms with Gasteiger partial charge in [0.15, 0.2) is 0 Å². The van der Waals surface area contributed by atoms with Crippen molar-refractivity contribution >= 4 is 21.5 Å². The summed E-state index contributed by atoms with van der Waals surface area (Å²) in [6.45, 7) is 0. The molecule has 0 bridgehead atoms. The molecule has 4 rings (SSSR count). The number of hydrogen-bond donors (Lipinski definition) is 0. The number of fused-ring (bicyclic) bond motifs is 3. The molecule has 93 valence electrons. The fourth-order valence-electron chi connectivity index (χ4n) is 2.84. The van der Waals surface area contributed by atoms with E-state index in [1.807, 2.05) is 6.07 Å². The lowest BCUT2D eigenvalue weighted by Crippen LogP contribution is -1.84. The van der Waals surface area contributed by atoms with Crippen LogP contribution < -0.4 is 0 Å². The molecular weight excluding hydrogens is 240 g/mol. The van der Waals surface area contributed by atoms with Crippen LogP contribution in [0.1, 0.15) is 0 Å². The fourth-order valence-corrected chi connectivity index (χ4v) is 2.84. The summed E-state index contributed by atoms with van der Waals surface area (Å²) < 4.78 is 0. The Balaban J connectivity index is 2.19. The third kappa shape index (κ3) is 1.70. The second-order valence-corrected chi connectivity index (χ2v) is 4.97. The Morgan fingerprint density at radius 2 is 1.30 bits per heavy atom. The first kappa shape index (κ1) is 11.2. The van der Waals surface area contributed by atoms with E-state index in [2.05, 4.69) is 78.9 Å². The van der Waals surface area contributed by atoms with Crippen LogP contribution >= 0.6 is 0 Å². The number of hydrogen-bond acceptors (Lipinski definition) is 0. The predicted octanol–water partition coefficient (Wildman–Crippen LogP) is 5.46. The van der Waals surface area contributed by atoms with Crippen LogP contribution in [-0.4, -0.2) is 0 Å². The van der Waals surface area contributed by atoms with Crippen LogP contribution in [0.2, 0.25) is 0 Å². The number of rotatable bonds is 1. The van der Waals surface area contributed by atoms with Crippen molar-refractivity contribution in [3.8, 4) is 11.1 Å². The predicted molar refractivity (Wildman–Crippen MR) is 85.7 cm³/mol. The van der Waals surface area contributed by atoms with Gasteiger partial charge in [-0.25, -0.2) is 0 Å². The molecule has 0 saturated heterocycles. The highest BCUT2D eigenvalue weighted by molar-refractivity contribution is 6.13. The van der Waals surface area contributed by atoms with Gasteiger partial charge in [-0.05, 0) is 44.8 Å². The van der Waals surface area contributed by atoms with Crippen LogP contribution in [0, 0.1) is 6.07 Å². The summed E-state index contributed by atoms with van der Waals surface area (Å²) in [5, 5.41) is 5.03. The van der Waals surface area contributed by atoms with Gasteiger partial charge in [0.1, 0.15) is 0 Å². The molecule has 0 fully saturated rings. The van der Waals surface area contributed by atoms with Gasteiger partial charge in [-0.15, -0.1) is 0 Å². The minimum absolute atomic E-state index is 1.17. The first-order valence-corrected chi connectivity index (χ1v) is 6.81. The maximum atomic E-state index is 3.35. The maximum absolute atomic E-state index is 3.35. The van der Waals surface area contributed by atoms with Crippen molar-refractivity contribution < 1.29 is 0 Å². The Hall–Kier alpha value is -2.60. The first-order chi connectivity index (χ1) is 9.93. The fraction of sp³-hybridized carbons (Fsp3) is 0. The Morgan fingerprint density at radius 3 is 2.15 bits per heavy atom. The molecule has 0 aliphatic heterocycles. The zero-order valence-electron chi connectivity index (χ0n) is 11.0. The molecule has 0 spiro atoms. The van der Waals surface area contributed by atoms with E-state index in [-0.39, 0.29) is 0 Å². The molecule has 0 aromatic heterocycles. The van der Waals surface area contributed by atoms with E-state index in [4.69, 9.17) is 0 Å². The van der Waals surface area contributed by atoms with E-state index < -0.39 is 0 Å². The van der Waals surface area contributed by atoms with E-state index in [1.54, 1.807) is 0 Å². The van der Waals surface area contributed by atoms with Crippen LogP contribution in [0.25, 0.3) is 32.7 Å². The van der Waals surface area contributed by atoms with Gasteiger partial charge < -0.3 is 0 Å². The van der Waals surface area contributed by atoms with Crippen LogP contribution in [0.5, 0.6) is 0 Å². The Bertz CT molecular complexity index is 889. The largest absolute Gasteiger partial charge is 0.0622 e. The van der Waals surface area contributed by atoms with Gasteiger partial charge in [-0.2, -0.15) is 0 Å². The van der Waals surface area contributed by atoms with E-state index in [0.29, 0.717) is 0 Å². The van der Waals surface area contributed by atoms with Crippen LogP contribution in [0.3, 0.4) is 0 Å². The normalized spacial score (nSPS) is 11.0. The molecule has 0 unspecified atom stereocenters. The highest BCUT2D eigenvalue weighted by atomic mass is 14.1. The van der Waals surface area contributed by atoms with Crippen molar-refractivity contribution in [1.29, 1.82) is 0 Å². The second kappa shape index (κ2) is 4.50. The Labute approximate surface area is 118 Å². The molecule has 0 amide bonds. The lowest BCUT2D eigenvalue weighted by atomic mass is 9.93. The summed E-state index contributed by atoms with van der Waals surface area (Å²) in [6.07, 6.45) is 0. The smallest absolute Gasteiger partial charge is 0.00926 e. The molecule has 4 aromatic carbocycles. The lowest BCUT2D eigenvalue weighted by molar-refractivity contribution is 1.66. The van der Waals surface area contributed by atoms with Gasteiger partial charge in [-0.1, -0.05) is 72.8 Å². The van der Waals surface area contributed by atoms with Gasteiger partial charge in [0.2, 0.25) is 0 Å². The van der Waals surface area contributed by atoms with Crippen molar-refractivity contribution in [3.63, 3.8) is 0 Å². The van der Waals surface area contributed by atoms with Gasteiger partial charge in [0.25, 0.3) is 0 Å². The molecular formula is C20H13. The third-order valence-electron chi connectivity index (χ3n) is 3.77. The molecule has 4 aromatic rings. The molecule has 0 N–H and O–H groups in total. The third-order valence-corrected chi connectivity index (χ3v) is 3.77. The topological polar surface area (TPSA) is 0 Å². The summed E-state index contributed by atoms with van der Waals surface area (Å²) in [5.41, 5.74) is 2.53. The van der Waals surface area contributed by atoms with Gasteiger partial charge in [0, 0.05) is 0 Å². The van der Waals surface area contributed by atoms with Gasteiger partial charge in [-0.3, -0.25) is 0 Å². The van der Waals surface area contributed by atoms with Crippen molar-refractivity contribution in [1.82, 2.24) is 0 Å². The van der Waals surface area contributed by atoms with Gasteiger partial charge in [0.05, 0.1) is 0 Å². The van der Waals surface area contributed by atoms with Crippen molar-refractivity contribution in [2.45, 2.75) is 0 Å². The Morgan fingerprint density at radius 1 is 0.600 bits per heavy atom. The standard InChI is InChI=1S/C20H13/c1-2-8-15(9-3-1)20-14-16-10-4-5-11-17(16)18-12-6-7-13-19(18)20/h1-9,11-14H. The van der Waals surface area contributed by atoms with E-state index in [9.17, 15) is 0 Å². The van der Waals surface area contributed by atoms with Crippen molar-refractivity contribution in [2.24, 2.45) is 0 Å². The zero-order valence-corrected chi connectivity index (χ0v) is 11.0. The lowest BCUT2D eigenvalue weighted by Gasteiger charge is -2.10. The minimum atomic E-state index is 1.17. The molecule has 0 atom stereocenters. The SMILES string of the molecule is [c]1cccc2c1cc(-c1ccccc1)c1ccccc12. The average Bonchev–Trinajstić information content (AvgIpc) is 2.55. The van der Waals surface area contributed by atoms with E-state index in [0.717, 1.165) is 0 Å². The monoisotopic (exact) mass is 253 g/mol. The molecule has 0 aliphatic rings. The molecule has 20 heavy (non-hydrogen) atoms. The number of benzene rings is 4. The van der Waals surface area contributed by atoms with E-state index >= 15 is 0 Å². The highest BCUT2D eigenvalue weighted by Gasteiger charge is 2.07. The summed E-state index contributed by atoms with van der Waals surface area (Å²) >= 11 is 0. The molecule has 0 heterocycles. The summed E-state index contributed by atoms with van der Waals surface area (Å²) in [7, 11) is 0. The van der Waals surface area contributed by atoms with Crippen molar-refractivity contribution in [2.75, 3.05) is 0 Å². The van der Waals surface area contributed by atoms with Crippen LogP contribution in [-0.2, 0) is 0 Å². The first-order valence-electron chi connectivity index (χ1n) is 6.81. The molecule has 1 radical (unpaired) electrons. The van der Waals surface area contributed by atoms with Crippen LogP contribution in [0.15, 0.2) is 78.9 Å². The van der Waals surface area contributed by atoms with Gasteiger partial charge >= 0.3 is 0 Å². The zero-order chi connectivity index (χ0) is 13.4. The quantitative estimate of drug-likeness (QED) is 0.395. The molecule has 0 saturated carbocycles. The molecule has 0 aliphatic carbocycles.